The van der Waals surface area contributed by atoms with Gasteiger partial charge in [-0.25, -0.2) is 9.97 Å². The van der Waals surface area contributed by atoms with Crippen molar-refractivity contribution >= 4 is 36.3 Å². The smallest absolute Gasteiger partial charge is 0.280 e. The lowest BCUT2D eigenvalue weighted by molar-refractivity contribution is 0.108. The fourth-order valence-electron chi connectivity index (χ4n) is 2.00. The number of anilines is 2. The van der Waals surface area contributed by atoms with E-state index in [1.807, 2.05) is 0 Å². The number of nitrogens with zero attached hydrogens (tertiary/aromatic N) is 3. The third-order valence-corrected chi connectivity index (χ3v) is 3.13. The number of carbonyl (C=O) groups excluding carboxylic acids is 1. The van der Waals surface area contributed by atoms with Crippen LogP contribution in [-0.2, 0) is 6.54 Å². The van der Waals surface area contributed by atoms with Crippen LogP contribution < -0.4 is 16.6 Å². The Labute approximate surface area is 131 Å². The molecule has 8 nitrogen and oxygen atoms in total. The molecule has 0 fully saturated rings. The topological polar surface area (TPSA) is 127 Å². The normalized spacial score (nSPS) is 10.6. The van der Waals surface area contributed by atoms with Gasteiger partial charge in [-0.05, 0) is 12.1 Å². The number of benzene rings is 1. The predicted octanol–water partition coefficient (Wildman–Crippen LogP) is 0.216. The minimum Gasteiger partial charge on any atom is -0.379 e. The predicted molar refractivity (Wildman–Crippen MR) is 86.2 cm³/mol. The quantitative estimate of drug-likeness (QED) is 0.588. The van der Waals surface area contributed by atoms with Crippen LogP contribution in [0.1, 0.15) is 16.1 Å². The highest BCUT2D eigenvalue weighted by atomic mass is 16.1. The van der Waals surface area contributed by atoms with E-state index in [9.17, 15) is 9.59 Å². The zero-order valence-corrected chi connectivity index (χ0v) is 11.9. The molecule has 0 spiro atoms. The van der Waals surface area contributed by atoms with E-state index in [2.05, 4.69) is 25.3 Å². The first-order valence-electron chi connectivity index (χ1n) is 6.68. The maximum absolute atomic E-state index is 11.8. The van der Waals surface area contributed by atoms with Crippen molar-refractivity contribution < 1.29 is 4.79 Å². The number of fused-ring (bicyclic) bond motifs is 1. The maximum atomic E-state index is 11.8. The fraction of sp³-hybridized carbons (Fsp3) is 0.0714. The summed E-state index contributed by atoms with van der Waals surface area (Å²) in [6.07, 6.45) is 1.51. The summed E-state index contributed by atoms with van der Waals surface area (Å²) in [7, 11) is 5.18. The molecule has 0 aliphatic rings. The van der Waals surface area contributed by atoms with Crippen LogP contribution in [-0.4, -0.2) is 33.5 Å². The van der Waals surface area contributed by atoms with Gasteiger partial charge in [-0.3, -0.25) is 9.78 Å². The van der Waals surface area contributed by atoms with E-state index in [-0.39, 0.29) is 17.1 Å². The molecular weight excluding hydrogens is 295 g/mol. The number of H-pyrrole nitrogens is 1. The molecule has 4 N–H and O–H groups in total. The first-order chi connectivity index (χ1) is 11.0. The summed E-state index contributed by atoms with van der Waals surface area (Å²) in [6, 6.07) is 6.69. The highest BCUT2D eigenvalue weighted by Crippen LogP contribution is 2.11. The van der Waals surface area contributed by atoms with Crippen LogP contribution in [0.15, 0.2) is 35.3 Å². The molecular formula is C14H11BN6O2. The zero-order valence-electron chi connectivity index (χ0n) is 11.9. The Balaban J connectivity index is 1.79. The van der Waals surface area contributed by atoms with Crippen molar-refractivity contribution in [3.05, 3.63) is 52.1 Å². The van der Waals surface area contributed by atoms with Gasteiger partial charge in [0.15, 0.2) is 19.0 Å². The lowest BCUT2D eigenvalue weighted by Gasteiger charge is -2.07. The Morgan fingerprint density at radius 2 is 2.00 bits per heavy atom. The molecule has 9 heteroatoms. The molecule has 3 rings (SSSR count). The fourth-order valence-corrected chi connectivity index (χ4v) is 2.00. The van der Waals surface area contributed by atoms with Crippen molar-refractivity contribution in [1.82, 2.24) is 19.9 Å². The molecule has 0 aliphatic heterocycles. The second-order valence-corrected chi connectivity index (χ2v) is 4.78. The highest BCUT2D eigenvalue weighted by molar-refractivity contribution is 6.62. The molecule has 3 aromatic rings. The van der Waals surface area contributed by atoms with Crippen LogP contribution in [0.5, 0.6) is 0 Å². The van der Waals surface area contributed by atoms with Crippen LogP contribution in [0.3, 0.4) is 0 Å². The summed E-state index contributed by atoms with van der Waals surface area (Å²) in [6.45, 7) is 0.350. The second-order valence-electron chi connectivity index (χ2n) is 4.78. The van der Waals surface area contributed by atoms with E-state index >= 15 is 0 Å². The van der Waals surface area contributed by atoms with Crippen molar-refractivity contribution in [3.63, 3.8) is 0 Å². The second kappa shape index (κ2) is 5.88. The zero-order chi connectivity index (χ0) is 16.4. The molecule has 2 aromatic heterocycles. The van der Waals surface area contributed by atoms with Gasteiger partial charge in [0.25, 0.3) is 5.56 Å². The molecule has 1 aromatic carbocycles. The number of hydrogen-bond acceptors (Lipinski definition) is 7. The number of carbonyl (C=O) groups is 1. The van der Waals surface area contributed by atoms with Crippen LogP contribution in [0, 0.1) is 0 Å². The summed E-state index contributed by atoms with van der Waals surface area (Å²) >= 11 is 0. The van der Waals surface area contributed by atoms with Gasteiger partial charge in [0, 0.05) is 11.3 Å². The number of nitrogens with one attached hydrogen (secondary N) is 2. The molecule has 2 heterocycles. The number of rotatable bonds is 4. The standard InChI is InChI=1S/C14H11BN6O2/c15-11(22)7-1-3-8(4-2-7)17-5-9-6-18-12-10(19-9)13(23)21-14(16)20-12/h1-4,6,17H,5H2,(H3,16,18,20,21,23). The lowest BCUT2D eigenvalue weighted by atomic mass is 9.95. The summed E-state index contributed by atoms with van der Waals surface area (Å²) in [5.41, 5.74) is 6.62. The van der Waals surface area contributed by atoms with Crippen LogP contribution in [0.4, 0.5) is 11.6 Å². The third kappa shape index (κ3) is 3.18. The van der Waals surface area contributed by atoms with Crippen molar-refractivity contribution in [2.45, 2.75) is 6.54 Å². The van der Waals surface area contributed by atoms with Crippen molar-refractivity contribution in [2.75, 3.05) is 11.1 Å². The van der Waals surface area contributed by atoms with Crippen LogP contribution in [0.25, 0.3) is 11.2 Å². The van der Waals surface area contributed by atoms with Crippen molar-refractivity contribution in [3.8, 4) is 0 Å². The van der Waals surface area contributed by atoms with E-state index in [1.54, 1.807) is 24.3 Å². The van der Waals surface area contributed by atoms with Gasteiger partial charge in [-0.1, -0.05) is 12.1 Å². The minimum absolute atomic E-state index is 0.00258. The maximum Gasteiger partial charge on any atom is 0.280 e. The van der Waals surface area contributed by atoms with Gasteiger partial charge in [0.2, 0.25) is 5.95 Å². The highest BCUT2D eigenvalue weighted by Gasteiger charge is 2.06. The molecule has 0 saturated heterocycles. The molecule has 2 radical (unpaired) electrons. The monoisotopic (exact) mass is 306 g/mol. The first kappa shape index (κ1) is 14.7. The summed E-state index contributed by atoms with van der Waals surface area (Å²) in [5.74, 6) is -0.00258. The van der Waals surface area contributed by atoms with Gasteiger partial charge in [0.1, 0.15) is 5.68 Å². The molecule has 0 amide bonds. The Kier molecular flexibility index (Phi) is 3.76. The number of hydrogen-bond donors (Lipinski definition) is 3. The average molecular weight is 306 g/mol. The van der Waals surface area contributed by atoms with Crippen molar-refractivity contribution in [2.24, 2.45) is 0 Å². The van der Waals surface area contributed by atoms with Gasteiger partial charge >= 0.3 is 0 Å². The largest absolute Gasteiger partial charge is 0.379 e. The SMILES string of the molecule is [B]C(=O)c1ccc(NCc2cnc3nc(N)[nH]c(=O)c3n2)cc1. The minimum atomic E-state index is -0.483. The Hall–Kier alpha value is -3.23. The Morgan fingerprint density at radius 3 is 2.70 bits per heavy atom. The van der Waals surface area contributed by atoms with Gasteiger partial charge in [-0.2, -0.15) is 4.98 Å². The van der Waals surface area contributed by atoms with E-state index in [4.69, 9.17) is 13.6 Å². The summed E-state index contributed by atoms with van der Waals surface area (Å²) < 4.78 is 0. The summed E-state index contributed by atoms with van der Waals surface area (Å²) in [4.78, 5) is 37.4. The molecule has 0 aliphatic carbocycles. The average Bonchev–Trinajstić information content (AvgIpc) is 2.53. The molecule has 0 bridgehead atoms. The van der Waals surface area contributed by atoms with E-state index < -0.39 is 11.2 Å². The molecule has 23 heavy (non-hydrogen) atoms. The van der Waals surface area contributed by atoms with E-state index in [0.29, 0.717) is 17.8 Å². The van der Waals surface area contributed by atoms with Gasteiger partial charge in [-0.15, -0.1) is 0 Å². The van der Waals surface area contributed by atoms with Crippen molar-refractivity contribution in [1.29, 1.82) is 0 Å². The molecule has 0 atom stereocenters. The lowest BCUT2D eigenvalue weighted by Crippen LogP contribution is -2.15. The molecule has 0 unspecified atom stereocenters. The van der Waals surface area contributed by atoms with Crippen LogP contribution in [0.2, 0.25) is 0 Å². The first-order valence-corrected chi connectivity index (χ1v) is 6.68. The van der Waals surface area contributed by atoms with Gasteiger partial charge < -0.3 is 15.8 Å². The number of nitrogen functional groups attached to an aromatic ring is 1. The van der Waals surface area contributed by atoms with E-state index in [0.717, 1.165) is 5.69 Å². The molecule has 112 valence electrons. The number of aromatic nitrogens is 4. The van der Waals surface area contributed by atoms with Crippen LogP contribution >= 0.6 is 0 Å². The van der Waals surface area contributed by atoms with Gasteiger partial charge in [0.05, 0.1) is 18.4 Å². The number of aromatic amines is 1. The Morgan fingerprint density at radius 1 is 1.26 bits per heavy atom. The summed E-state index contributed by atoms with van der Waals surface area (Å²) in [5, 5.41) is 3.11. The Bertz CT molecular complexity index is 938. The van der Waals surface area contributed by atoms with E-state index in [1.165, 1.54) is 6.20 Å². The molecule has 0 saturated carbocycles. The third-order valence-electron chi connectivity index (χ3n) is 3.13. The number of nitrogens with two attached hydrogens (primary N) is 1.